The molecule has 0 spiro atoms. The molecule has 0 saturated carbocycles. The number of nitrogens with two attached hydrogens (primary N) is 2. The van der Waals surface area contributed by atoms with Crippen LogP contribution in [0.25, 0.3) is 0 Å². The number of anilines is 1. The van der Waals surface area contributed by atoms with Crippen molar-refractivity contribution < 1.29 is 5.11 Å². The standard InChI is InChI=1S/C10H13ClN4O/c11-8-5-7(14-9(12)15-8)10(13,16)6-3-1-2-4-6/h1,3,5-6,16H,2,4,13H2,(H2,12,14,15). The summed E-state index contributed by atoms with van der Waals surface area (Å²) in [5.74, 6) is -0.161. The third kappa shape index (κ3) is 2.02. The average Bonchev–Trinajstić information content (AvgIpc) is 2.69. The molecule has 5 nitrogen and oxygen atoms in total. The molecule has 0 aliphatic heterocycles. The van der Waals surface area contributed by atoms with Gasteiger partial charge in [-0.25, -0.2) is 9.97 Å². The van der Waals surface area contributed by atoms with Gasteiger partial charge in [-0.05, 0) is 12.8 Å². The highest BCUT2D eigenvalue weighted by Gasteiger charge is 2.36. The smallest absolute Gasteiger partial charge is 0.221 e. The van der Waals surface area contributed by atoms with Crippen LogP contribution in [0, 0.1) is 5.92 Å². The van der Waals surface area contributed by atoms with Gasteiger partial charge in [0.25, 0.3) is 0 Å². The minimum atomic E-state index is -1.55. The lowest BCUT2D eigenvalue weighted by Gasteiger charge is -2.28. The fraction of sp³-hybridized carbons (Fsp3) is 0.400. The van der Waals surface area contributed by atoms with Crippen molar-refractivity contribution in [1.82, 2.24) is 9.97 Å². The summed E-state index contributed by atoms with van der Waals surface area (Å²) in [4.78, 5) is 7.65. The van der Waals surface area contributed by atoms with E-state index in [2.05, 4.69) is 9.97 Å². The quantitative estimate of drug-likeness (QED) is 0.403. The number of halogens is 1. The van der Waals surface area contributed by atoms with Gasteiger partial charge in [0.1, 0.15) is 5.15 Å². The summed E-state index contributed by atoms with van der Waals surface area (Å²) in [6, 6.07) is 1.43. The van der Waals surface area contributed by atoms with Crippen LogP contribution in [0.2, 0.25) is 5.15 Å². The fourth-order valence-corrected chi connectivity index (χ4v) is 2.02. The molecule has 0 bridgehead atoms. The highest BCUT2D eigenvalue weighted by Crippen LogP contribution is 2.32. The zero-order valence-electron chi connectivity index (χ0n) is 8.60. The Bertz CT molecular complexity index is 413. The molecular formula is C10H13ClN4O. The van der Waals surface area contributed by atoms with Crippen LogP contribution in [0.1, 0.15) is 18.5 Å². The first-order chi connectivity index (χ1) is 7.50. The van der Waals surface area contributed by atoms with Crippen LogP contribution in [-0.4, -0.2) is 15.1 Å². The minimum absolute atomic E-state index is 0.00773. The van der Waals surface area contributed by atoms with Crippen molar-refractivity contribution in [3.05, 3.63) is 29.1 Å². The van der Waals surface area contributed by atoms with Crippen molar-refractivity contribution in [3.8, 4) is 0 Å². The summed E-state index contributed by atoms with van der Waals surface area (Å²) >= 11 is 5.75. The highest BCUT2D eigenvalue weighted by molar-refractivity contribution is 6.29. The Morgan fingerprint density at radius 1 is 1.50 bits per heavy atom. The molecule has 6 heteroatoms. The molecule has 0 amide bonds. The van der Waals surface area contributed by atoms with E-state index < -0.39 is 5.72 Å². The summed E-state index contributed by atoms with van der Waals surface area (Å²) in [6.45, 7) is 0. The predicted molar refractivity (Wildman–Crippen MR) is 61.4 cm³/mol. The zero-order valence-corrected chi connectivity index (χ0v) is 9.35. The molecule has 0 aromatic carbocycles. The first kappa shape index (κ1) is 11.3. The van der Waals surface area contributed by atoms with Crippen molar-refractivity contribution in [2.45, 2.75) is 18.6 Å². The predicted octanol–water partition coefficient (Wildman–Crippen LogP) is 0.782. The van der Waals surface area contributed by atoms with E-state index in [1.807, 2.05) is 12.2 Å². The molecule has 5 N–H and O–H groups in total. The first-order valence-corrected chi connectivity index (χ1v) is 5.36. The Morgan fingerprint density at radius 3 is 2.81 bits per heavy atom. The molecule has 1 aromatic heterocycles. The van der Waals surface area contributed by atoms with E-state index in [0.29, 0.717) is 0 Å². The van der Waals surface area contributed by atoms with Gasteiger partial charge < -0.3 is 10.8 Å². The second-order valence-corrected chi connectivity index (χ2v) is 4.26. The normalized spacial score (nSPS) is 23.3. The van der Waals surface area contributed by atoms with Gasteiger partial charge in [0.15, 0.2) is 5.72 Å². The summed E-state index contributed by atoms with van der Waals surface area (Å²) < 4.78 is 0. The molecular weight excluding hydrogens is 228 g/mol. The number of nitrogen functional groups attached to an aromatic ring is 1. The molecule has 2 rings (SSSR count). The van der Waals surface area contributed by atoms with Crippen molar-refractivity contribution >= 4 is 17.5 Å². The monoisotopic (exact) mass is 240 g/mol. The van der Waals surface area contributed by atoms with Crippen LogP contribution in [-0.2, 0) is 5.72 Å². The van der Waals surface area contributed by atoms with Crippen molar-refractivity contribution in [2.75, 3.05) is 5.73 Å². The molecule has 16 heavy (non-hydrogen) atoms. The van der Waals surface area contributed by atoms with Gasteiger partial charge in [0, 0.05) is 12.0 Å². The largest absolute Gasteiger partial charge is 0.370 e. The highest BCUT2D eigenvalue weighted by atomic mass is 35.5. The fourth-order valence-electron chi connectivity index (χ4n) is 1.83. The molecule has 86 valence electrons. The molecule has 0 saturated heterocycles. The SMILES string of the molecule is Nc1nc(Cl)cc(C(N)(O)C2C=CCC2)n1. The Labute approximate surface area is 98.1 Å². The Balaban J connectivity index is 2.37. The third-order valence-corrected chi connectivity index (χ3v) is 2.89. The maximum absolute atomic E-state index is 10.3. The molecule has 1 aliphatic rings. The number of hydrogen-bond acceptors (Lipinski definition) is 5. The van der Waals surface area contributed by atoms with Crippen molar-refractivity contribution in [1.29, 1.82) is 0 Å². The maximum atomic E-state index is 10.3. The van der Waals surface area contributed by atoms with Crippen LogP contribution in [0.5, 0.6) is 0 Å². The lowest BCUT2D eigenvalue weighted by Crippen LogP contribution is -2.43. The van der Waals surface area contributed by atoms with Crippen LogP contribution < -0.4 is 11.5 Å². The van der Waals surface area contributed by atoms with E-state index >= 15 is 0 Å². The summed E-state index contributed by atoms with van der Waals surface area (Å²) in [6.07, 6.45) is 5.55. The molecule has 0 fully saturated rings. The molecule has 1 aliphatic carbocycles. The molecule has 2 unspecified atom stereocenters. The second-order valence-electron chi connectivity index (χ2n) is 3.87. The van der Waals surface area contributed by atoms with Gasteiger partial charge in [0.05, 0.1) is 5.69 Å². The number of allylic oxidation sites excluding steroid dienone is 1. The van der Waals surface area contributed by atoms with Crippen LogP contribution in [0.4, 0.5) is 5.95 Å². The number of aromatic nitrogens is 2. The maximum Gasteiger partial charge on any atom is 0.221 e. The number of rotatable bonds is 2. The molecule has 1 heterocycles. The summed E-state index contributed by atoms with van der Waals surface area (Å²) in [5.41, 5.74) is 10.0. The number of aliphatic hydroxyl groups is 1. The summed E-state index contributed by atoms with van der Waals surface area (Å²) in [7, 11) is 0. The van der Waals surface area contributed by atoms with Gasteiger partial charge in [0.2, 0.25) is 5.95 Å². The lowest BCUT2D eigenvalue weighted by atomic mass is 9.93. The van der Waals surface area contributed by atoms with Crippen molar-refractivity contribution in [3.63, 3.8) is 0 Å². The van der Waals surface area contributed by atoms with E-state index in [4.69, 9.17) is 23.1 Å². The topological polar surface area (TPSA) is 98.0 Å². The van der Waals surface area contributed by atoms with E-state index in [1.54, 1.807) is 0 Å². The summed E-state index contributed by atoms with van der Waals surface area (Å²) in [5, 5.41) is 10.4. The Hall–Kier alpha value is -1.17. The zero-order chi connectivity index (χ0) is 11.8. The van der Waals surface area contributed by atoms with Gasteiger partial charge in [-0.1, -0.05) is 23.8 Å². The molecule has 0 radical (unpaired) electrons. The second kappa shape index (κ2) is 4.01. The van der Waals surface area contributed by atoms with Gasteiger partial charge >= 0.3 is 0 Å². The van der Waals surface area contributed by atoms with E-state index in [-0.39, 0.29) is 22.7 Å². The molecule has 2 atom stereocenters. The molecule has 1 aromatic rings. The third-order valence-electron chi connectivity index (χ3n) is 2.70. The van der Waals surface area contributed by atoms with Crippen molar-refractivity contribution in [2.24, 2.45) is 11.7 Å². The van der Waals surface area contributed by atoms with Gasteiger partial charge in [-0.3, -0.25) is 5.73 Å². The lowest BCUT2D eigenvalue weighted by molar-refractivity contribution is -0.00362. The van der Waals surface area contributed by atoms with Gasteiger partial charge in [-0.15, -0.1) is 0 Å². The van der Waals surface area contributed by atoms with Crippen LogP contribution >= 0.6 is 11.6 Å². The van der Waals surface area contributed by atoms with E-state index in [1.165, 1.54) is 6.07 Å². The van der Waals surface area contributed by atoms with Gasteiger partial charge in [-0.2, -0.15) is 0 Å². The number of nitrogens with zero attached hydrogens (tertiary/aromatic N) is 2. The van der Waals surface area contributed by atoms with E-state index in [0.717, 1.165) is 12.8 Å². The van der Waals surface area contributed by atoms with Crippen LogP contribution in [0.3, 0.4) is 0 Å². The minimum Gasteiger partial charge on any atom is -0.370 e. The Kier molecular flexibility index (Phi) is 2.84. The number of hydrogen-bond donors (Lipinski definition) is 3. The first-order valence-electron chi connectivity index (χ1n) is 4.98. The average molecular weight is 241 g/mol. The van der Waals surface area contributed by atoms with Crippen LogP contribution in [0.15, 0.2) is 18.2 Å². The van der Waals surface area contributed by atoms with E-state index in [9.17, 15) is 5.11 Å². The Morgan fingerprint density at radius 2 is 2.25 bits per heavy atom.